The summed E-state index contributed by atoms with van der Waals surface area (Å²) in [5, 5.41) is 8.98. The molecular weight excluding hydrogens is 214 g/mol. The molecule has 0 unspecified atom stereocenters. The van der Waals surface area contributed by atoms with Crippen LogP contribution >= 0.6 is 0 Å². The summed E-state index contributed by atoms with van der Waals surface area (Å²) < 4.78 is 0. The third-order valence-corrected chi connectivity index (χ3v) is 5.02. The van der Waals surface area contributed by atoms with Crippen LogP contribution in [-0.2, 0) is 4.79 Å². The van der Waals surface area contributed by atoms with Crippen molar-refractivity contribution in [2.45, 2.75) is 59.3 Å². The van der Waals surface area contributed by atoms with Gasteiger partial charge in [-0.15, -0.1) is 0 Å². The first-order valence-corrected chi connectivity index (χ1v) is 6.77. The normalized spacial score (nSPS) is 30.2. The highest BCUT2D eigenvalue weighted by Crippen LogP contribution is 2.47. The minimum atomic E-state index is -0.705. The Labute approximate surface area is 105 Å². The van der Waals surface area contributed by atoms with E-state index in [1.54, 1.807) is 0 Å². The van der Waals surface area contributed by atoms with Crippen LogP contribution in [0.15, 0.2) is 0 Å². The van der Waals surface area contributed by atoms with E-state index in [1.807, 2.05) is 0 Å². The van der Waals surface area contributed by atoms with E-state index in [0.717, 1.165) is 31.6 Å². The number of carboxylic acid groups (broad SMARTS) is 1. The van der Waals surface area contributed by atoms with Crippen LogP contribution < -0.4 is 5.73 Å². The third kappa shape index (κ3) is 3.44. The third-order valence-electron chi connectivity index (χ3n) is 5.02. The second-order valence-electron chi connectivity index (χ2n) is 6.39. The predicted molar refractivity (Wildman–Crippen MR) is 69.8 cm³/mol. The molecular formula is C14H27NO2. The molecule has 3 nitrogen and oxygen atoms in total. The van der Waals surface area contributed by atoms with Crippen molar-refractivity contribution in [2.75, 3.05) is 6.54 Å². The summed E-state index contributed by atoms with van der Waals surface area (Å²) in [6.07, 6.45) is 5.64. The molecule has 1 saturated carbocycles. The van der Waals surface area contributed by atoms with Crippen molar-refractivity contribution in [1.82, 2.24) is 0 Å². The average molecular weight is 241 g/mol. The highest BCUT2D eigenvalue weighted by Gasteiger charge is 2.39. The zero-order valence-electron chi connectivity index (χ0n) is 11.5. The molecule has 1 fully saturated rings. The summed E-state index contributed by atoms with van der Waals surface area (Å²) in [5.74, 6) is 0.0182. The van der Waals surface area contributed by atoms with Crippen LogP contribution in [0.5, 0.6) is 0 Å². The molecule has 0 aromatic heterocycles. The molecule has 1 rings (SSSR count). The minimum Gasteiger partial charge on any atom is -0.481 e. The van der Waals surface area contributed by atoms with Gasteiger partial charge in [0.1, 0.15) is 0 Å². The van der Waals surface area contributed by atoms with E-state index in [9.17, 15) is 4.79 Å². The highest BCUT2D eigenvalue weighted by atomic mass is 16.4. The Balaban J connectivity index is 2.62. The van der Waals surface area contributed by atoms with Gasteiger partial charge < -0.3 is 10.8 Å². The smallest absolute Gasteiger partial charge is 0.303 e. The van der Waals surface area contributed by atoms with Crippen molar-refractivity contribution in [1.29, 1.82) is 0 Å². The average Bonchev–Trinajstić information content (AvgIpc) is 2.29. The van der Waals surface area contributed by atoms with Crippen LogP contribution in [0.4, 0.5) is 0 Å². The Bertz CT molecular complexity index is 265. The maximum atomic E-state index is 10.9. The molecule has 0 aromatic rings. The van der Waals surface area contributed by atoms with Crippen LogP contribution in [0.2, 0.25) is 0 Å². The molecule has 17 heavy (non-hydrogen) atoms. The van der Waals surface area contributed by atoms with E-state index >= 15 is 0 Å². The van der Waals surface area contributed by atoms with Gasteiger partial charge in [0.2, 0.25) is 0 Å². The second kappa shape index (κ2) is 5.38. The topological polar surface area (TPSA) is 63.3 Å². The van der Waals surface area contributed by atoms with Gasteiger partial charge in [0.05, 0.1) is 6.42 Å². The zero-order chi connectivity index (χ0) is 13.1. The molecule has 0 heterocycles. The van der Waals surface area contributed by atoms with Crippen LogP contribution in [0, 0.1) is 16.7 Å². The molecule has 0 saturated heterocycles. The van der Waals surface area contributed by atoms with Crippen LogP contribution in [0.25, 0.3) is 0 Å². The summed E-state index contributed by atoms with van der Waals surface area (Å²) in [5.41, 5.74) is 6.06. The second-order valence-corrected chi connectivity index (χ2v) is 6.39. The fraction of sp³-hybridized carbons (Fsp3) is 0.929. The molecule has 0 radical (unpaired) electrons. The van der Waals surface area contributed by atoms with Gasteiger partial charge in [-0.25, -0.2) is 0 Å². The molecule has 100 valence electrons. The Hall–Kier alpha value is -0.570. The number of carbonyl (C=O) groups is 1. The van der Waals surface area contributed by atoms with E-state index in [2.05, 4.69) is 20.8 Å². The SMILES string of the molecule is CCC(C)(C)C1CCC(CN)(CC(=O)O)CC1. The lowest BCUT2D eigenvalue weighted by atomic mass is 9.62. The van der Waals surface area contributed by atoms with E-state index in [-0.39, 0.29) is 11.8 Å². The minimum absolute atomic E-state index is 0.133. The molecule has 0 amide bonds. The fourth-order valence-electron chi connectivity index (χ4n) is 3.07. The van der Waals surface area contributed by atoms with Gasteiger partial charge in [0.15, 0.2) is 0 Å². The first-order chi connectivity index (χ1) is 7.85. The molecule has 1 aliphatic rings. The number of rotatable bonds is 5. The van der Waals surface area contributed by atoms with Gasteiger partial charge in [-0.05, 0) is 49.0 Å². The van der Waals surface area contributed by atoms with Crippen molar-refractivity contribution in [3.05, 3.63) is 0 Å². The zero-order valence-corrected chi connectivity index (χ0v) is 11.5. The lowest BCUT2D eigenvalue weighted by molar-refractivity contribution is -0.140. The molecule has 3 N–H and O–H groups in total. The van der Waals surface area contributed by atoms with E-state index in [4.69, 9.17) is 10.8 Å². The van der Waals surface area contributed by atoms with Gasteiger partial charge in [0.25, 0.3) is 0 Å². The summed E-state index contributed by atoms with van der Waals surface area (Å²) >= 11 is 0. The molecule has 0 bridgehead atoms. The number of nitrogens with two attached hydrogens (primary N) is 1. The van der Waals surface area contributed by atoms with Gasteiger partial charge in [-0.1, -0.05) is 27.2 Å². The lowest BCUT2D eigenvalue weighted by Gasteiger charge is -2.44. The lowest BCUT2D eigenvalue weighted by Crippen LogP contribution is -2.39. The summed E-state index contributed by atoms with van der Waals surface area (Å²) in [6, 6.07) is 0. The Kier molecular flexibility index (Phi) is 4.59. The molecule has 0 aliphatic heterocycles. The number of hydrogen-bond acceptors (Lipinski definition) is 2. The number of hydrogen-bond donors (Lipinski definition) is 2. The van der Waals surface area contributed by atoms with Crippen molar-refractivity contribution in [3.63, 3.8) is 0 Å². The molecule has 3 heteroatoms. The summed E-state index contributed by atoms with van der Waals surface area (Å²) in [4.78, 5) is 10.9. The standard InChI is InChI=1S/C14H27NO2/c1-4-13(2,3)11-5-7-14(10-15,8-6-11)9-12(16)17/h11H,4-10,15H2,1-3H3,(H,16,17). The van der Waals surface area contributed by atoms with Crippen LogP contribution in [-0.4, -0.2) is 17.6 Å². The summed E-state index contributed by atoms with van der Waals surface area (Å²) in [7, 11) is 0. The highest BCUT2D eigenvalue weighted by molar-refractivity contribution is 5.67. The first-order valence-electron chi connectivity index (χ1n) is 6.77. The Morgan fingerprint density at radius 3 is 2.29 bits per heavy atom. The monoisotopic (exact) mass is 241 g/mol. The van der Waals surface area contributed by atoms with Gasteiger partial charge in [-0.3, -0.25) is 4.79 Å². The Morgan fingerprint density at radius 1 is 1.41 bits per heavy atom. The van der Waals surface area contributed by atoms with Crippen LogP contribution in [0.1, 0.15) is 59.3 Å². The van der Waals surface area contributed by atoms with E-state index in [1.165, 1.54) is 6.42 Å². The fourth-order valence-corrected chi connectivity index (χ4v) is 3.07. The Morgan fingerprint density at radius 2 is 1.94 bits per heavy atom. The van der Waals surface area contributed by atoms with E-state index < -0.39 is 5.97 Å². The van der Waals surface area contributed by atoms with Crippen molar-refractivity contribution in [2.24, 2.45) is 22.5 Å². The van der Waals surface area contributed by atoms with Gasteiger partial charge >= 0.3 is 5.97 Å². The maximum absolute atomic E-state index is 10.9. The molecule has 0 atom stereocenters. The molecule has 0 aromatic carbocycles. The number of aliphatic carboxylic acids is 1. The van der Waals surface area contributed by atoms with Crippen LogP contribution in [0.3, 0.4) is 0 Å². The van der Waals surface area contributed by atoms with Gasteiger partial charge in [0, 0.05) is 0 Å². The van der Waals surface area contributed by atoms with Crippen molar-refractivity contribution >= 4 is 5.97 Å². The van der Waals surface area contributed by atoms with E-state index in [0.29, 0.717) is 12.0 Å². The first kappa shape index (κ1) is 14.5. The van der Waals surface area contributed by atoms with Gasteiger partial charge in [-0.2, -0.15) is 0 Å². The summed E-state index contributed by atoms with van der Waals surface area (Å²) in [6.45, 7) is 7.40. The molecule has 0 spiro atoms. The van der Waals surface area contributed by atoms with Crippen molar-refractivity contribution < 1.29 is 9.90 Å². The van der Waals surface area contributed by atoms with Crippen molar-refractivity contribution in [3.8, 4) is 0 Å². The largest absolute Gasteiger partial charge is 0.481 e. The maximum Gasteiger partial charge on any atom is 0.303 e. The predicted octanol–water partition coefficient (Wildman–Crippen LogP) is 3.03. The quantitative estimate of drug-likeness (QED) is 0.777. The molecule has 1 aliphatic carbocycles. The number of carboxylic acids is 1.